The fourth-order valence-corrected chi connectivity index (χ4v) is 3.77. The molecule has 2 aliphatic rings. The molecule has 0 saturated carbocycles. The lowest BCUT2D eigenvalue weighted by molar-refractivity contribution is -0.537. The molecule has 2 heterocycles. The topological polar surface area (TPSA) is 6.25 Å². The number of hydrogen-bond acceptors (Lipinski definition) is 1. The van der Waals surface area contributed by atoms with E-state index in [1.807, 2.05) is 0 Å². The number of nitrogens with zero attached hydrogens (tertiary/aromatic N) is 2. The van der Waals surface area contributed by atoms with Crippen molar-refractivity contribution in [2.45, 2.75) is 59.4 Å². The van der Waals surface area contributed by atoms with Crippen molar-refractivity contribution in [2.75, 3.05) is 19.6 Å². The highest BCUT2D eigenvalue weighted by atomic mass is 15.2. The summed E-state index contributed by atoms with van der Waals surface area (Å²) < 4.78 is 2.66. The Morgan fingerprint density at radius 1 is 0.905 bits per heavy atom. The Morgan fingerprint density at radius 2 is 1.62 bits per heavy atom. The summed E-state index contributed by atoms with van der Waals surface area (Å²) in [6, 6.07) is 4.76. The molecule has 2 nitrogen and oxygen atoms in total. The number of aryl methyl sites for hydroxylation is 3. The molecule has 0 fully saturated rings. The monoisotopic (exact) mass is 285 g/mol. The minimum absolute atomic E-state index is 1.10. The van der Waals surface area contributed by atoms with Crippen molar-refractivity contribution in [3.05, 3.63) is 34.4 Å². The van der Waals surface area contributed by atoms with Crippen LogP contribution >= 0.6 is 0 Å². The normalized spacial score (nSPS) is 19.5. The maximum atomic E-state index is 2.67. The van der Waals surface area contributed by atoms with E-state index in [-0.39, 0.29) is 0 Å². The first-order chi connectivity index (χ1) is 10.1. The summed E-state index contributed by atoms with van der Waals surface area (Å²) in [6.07, 6.45) is 6.72. The Labute approximate surface area is 129 Å². The van der Waals surface area contributed by atoms with E-state index < -0.39 is 0 Å². The van der Waals surface area contributed by atoms with Crippen LogP contribution in [-0.2, 0) is 6.54 Å². The first-order valence-corrected chi connectivity index (χ1v) is 8.57. The second-order valence-electron chi connectivity index (χ2n) is 6.85. The van der Waals surface area contributed by atoms with Gasteiger partial charge in [0.1, 0.15) is 6.54 Å². The van der Waals surface area contributed by atoms with Crippen LogP contribution in [0, 0.1) is 20.8 Å². The summed E-state index contributed by atoms with van der Waals surface area (Å²) in [7, 11) is 0. The Balaban J connectivity index is 1.87. The Hall–Kier alpha value is -1.31. The molecule has 0 bridgehead atoms. The van der Waals surface area contributed by atoms with Crippen molar-refractivity contribution in [1.82, 2.24) is 4.90 Å². The molecule has 2 heteroatoms. The summed E-state index contributed by atoms with van der Waals surface area (Å²) in [5.74, 6) is 1.62. The number of hydrogen-bond donors (Lipinski definition) is 0. The molecule has 0 N–H and O–H groups in total. The molecule has 0 radical (unpaired) electrons. The molecule has 2 aliphatic heterocycles. The highest BCUT2D eigenvalue weighted by molar-refractivity contribution is 5.78. The van der Waals surface area contributed by atoms with Crippen LogP contribution in [0.2, 0.25) is 0 Å². The van der Waals surface area contributed by atoms with Crippen LogP contribution in [0.4, 0.5) is 0 Å². The Kier molecular flexibility index (Phi) is 4.32. The van der Waals surface area contributed by atoms with E-state index in [0.29, 0.717) is 0 Å². The van der Waals surface area contributed by atoms with Gasteiger partial charge in [-0.2, -0.15) is 0 Å². The van der Waals surface area contributed by atoms with Gasteiger partial charge in [-0.1, -0.05) is 12.1 Å². The first-order valence-electron chi connectivity index (χ1n) is 8.57. The highest BCUT2D eigenvalue weighted by Crippen LogP contribution is 2.21. The predicted octanol–water partition coefficient (Wildman–Crippen LogP) is 3.80. The highest BCUT2D eigenvalue weighted by Gasteiger charge is 2.28. The third-order valence-corrected chi connectivity index (χ3v) is 5.23. The lowest BCUT2D eigenvalue weighted by Gasteiger charge is -2.24. The van der Waals surface area contributed by atoms with Gasteiger partial charge in [-0.3, -0.25) is 9.48 Å². The molecule has 1 aromatic carbocycles. The van der Waals surface area contributed by atoms with Crippen LogP contribution < -0.4 is 0 Å². The van der Waals surface area contributed by atoms with E-state index in [1.54, 1.807) is 5.84 Å². The fraction of sp³-hybridized carbons (Fsp3) is 0.632. The van der Waals surface area contributed by atoms with Gasteiger partial charge in [0.05, 0.1) is 19.6 Å². The SMILES string of the molecule is Cc1cc(C)c(CN2CCCC[N+]3=C2CCCC3)cc1C. The van der Waals surface area contributed by atoms with E-state index >= 15 is 0 Å². The first kappa shape index (κ1) is 14.6. The molecule has 1 aromatic rings. The summed E-state index contributed by atoms with van der Waals surface area (Å²) in [5.41, 5.74) is 5.80. The molecule has 0 unspecified atom stereocenters. The van der Waals surface area contributed by atoms with Gasteiger partial charge in [-0.25, -0.2) is 0 Å². The van der Waals surface area contributed by atoms with Gasteiger partial charge in [0.15, 0.2) is 0 Å². The molecule has 114 valence electrons. The lowest BCUT2D eigenvalue weighted by Crippen LogP contribution is -2.39. The fourth-order valence-electron chi connectivity index (χ4n) is 3.77. The molecular formula is C19H29N2+. The van der Waals surface area contributed by atoms with E-state index in [1.165, 1.54) is 74.0 Å². The van der Waals surface area contributed by atoms with E-state index in [9.17, 15) is 0 Å². The van der Waals surface area contributed by atoms with Gasteiger partial charge in [-0.05, 0) is 68.7 Å². The summed E-state index contributed by atoms with van der Waals surface area (Å²) in [5, 5.41) is 0. The average Bonchev–Trinajstić information content (AvgIpc) is 2.67. The summed E-state index contributed by atoms with van der Waals surface area (Å²) >= 11 is 0. The number of benzene rings is 1. The minimum atomic E-state index is 1.10. The minimum Gasteiger partial charge on any atom is -0.266 e. The van der Waals surface area contributed by atoms with E-state index in [2.05, 4.69) is 42.4 Å². The Bertz CT molecular complexity index is 557. The third kappa shape index (κ3) is 3.14. The quantitative estimate of drug-likeness (QED) is 0.749. The molecule has 0 spiro atoms. The molecule has 3 rings (SSSR count). The van der Waals surface area contributed by atoms with Crippen molar-refractivity contribution >= 4 is 5.84 Å². The van der Waals surface area contributed by atoms with Crippen LogP contribution in [0.1, 0.15) is 54.4 Å². The van der Waals surface area contributed by atoms with Gasteiger partial charge in [0, 0.05) is 6.42 Å². The second kappa shape index (κ2) is 6.21. The van der Waals surface area contributed by atoms with Crippen LogP contribution in [0.5, 0.6) is 0 Å². The van der Waals surface area contributed by atoms with Crippen LogP contribution in [-0.4, -0.2) is 34.9 Å². The molecule has 0 saturated heterocycles. The average molecular weight is 285 g/mol. The lowest BCUT2D eigenvalue weighted by atomic mass is 10.00. The standard InChI is InChI=1S/C19H29N2/c1-15-12-17(3)18(13-16(15)2)14-21-11-7-6-10-20-9-5-4-8-19(20)21/h12-13H,4-11,14H2,1-3H3/q+1. The van der Waals surface area contributed by atoms with E-state index in [0.717, 1.165) is 6.54 Å². The number of amidine groups is 1. The van der Waals surface area contributed by atoms with Gasteiger partial charge in [-0.15, -0.1) is 0 Å². The van der Waals surface area contributed by atoms with Gasteiger partial charge >= 0.3 is 0 Å². The van der Waals surface area contributed by atoms with Crippen LogP contribution in [0.3, 0.4) is 0 Å². The van der Waals surface area contributed by atoms with Crippen LogP contribution in [0.25, 0.3) is 0 Å². The van der Waals surface area contributed by atoms with E-state index in [4.69, 9.17) is 0 Å². The van der Waals surface area contributed by atoms with Crippen molar-refractivity contribution in [3.8, 4) is 0 Å². The zero-order valence-corrected chi connectivity index (χ0v) is 13.9. The molecule has 0 atom stereocenters. The van der Waals surface area contributed by atoms with Crippen molar-refractivity contribution in [2.24, 2.45) is 0 Å². The van der Waals surface area contributed by atoms with Gasteiger partial charge < -0.3 is 0 Å². The maximum Gasteiger partial charge on any atom is 0.247 e. The largest absolute Gasteiger partial charge is 0.266 e. The Morgan fingerprint density at radius 3 is 2.43 bits per heavy atom. The molecule has 21 heavy (non-hydrogen) atoms. The van der Waals surface area contributed by atoms with Gasteiger partial charge in [0.25, 0.3) is 0 Å². The molecular weight excluding hydrogens is 256 g/mol. The zero-order chi connectivity index (χ0) is 14.8. The molecule has 0 aliphatic carbocycles. The summed E-state index contributed by atoms with van der Waals surface area (Å²) in [4.78, 5) is 2.67. The zero-order valence-electron chi connectivity index (χ0n) is 13.9. The van der Waals surface area contributed by atoms with Crippen molar-refractivity contribution in [3.63, 3.8) is 0 Å². The second-order valence-corrected chi connectivity index (χ2v) is 6.85. The number of rotatable bonds is 2. The van der Waals surface area contributed by atoms with Crippen molar-refractivity contribution in [1.29, 1.82) is 0 Å². The van der Waals surface area contributed by atoms with Crippen LogP contribution in [0.15, 0.2) is 12.1 Å². The molecule has 0 aromatic heterocycles. The third-order valence-electron chi connectivity index (χ3n) is 5.23. The van der Waals surface area contributed by atoms with Gasteiger partial charge in [0.2, 0.25) is 5.84 Å². The molecule has 0 amide bonds. The maximum absolute atomic E-state index is 2.67. The predicted molar refractivity (Wildman–Crippen MR) is 89.1 cm³/mol. The summed E-state index contributed by atoms with van der Waals surface area (Å²) in [6.45, 7) is 11.6. The smallest absolute Gasteiger partial charge is 0.247 e. The van der Waals surface area contributed by atoms with Crippen molar-refractivity contribution < 1.29 is 4.58 Å².